The fourth-order valence-electron chi connectivity index (χ4n) is 3.33. The number of esters is 1. The molecule has 0 amide bonds. The summed E-state index contributed by atoms with van der Waals surface area (Å²) in [6.07, 6.45) is 6.44. The van der Waals surface area contributed by atoms with E-state index in [4.69, 9.17) is 9.47 Å². The fraction of sp³-hybridized carbons (Fsp3) is 0.750. The maximum Gasteiger partial charge on any atom is 0.333 e. The lowest BCUT2D eigenvalue weighted by molar-refractivity contribution is -0.147. The van der Waals surface area contributed by atoms with Crippen molar-refractivity contribution in [3.8, 4) is 0 Å². The Hall–Kier alpha value is -1.13. The first-order valence-corrected chi connectivity index (χ1v) is 8.97. The Morgan fingerprint density at radius 2 is 2.04 bits per heavy atom. The van der Waals surface area contributed by atoms with Crippen LogP contribution >= 0.6 is 0 Å². The smallest absolute Gasteiger partial charge is 0.333 e. The molecule has 0 saturated carbocycles. The minimum absolute atomic E-state index is 0.102. The van der Waals surface area contributed by atoms with E-state index in [-0.39, 0.29) is 29.2 Å². The molecule has 24 heavy (non-hydrogen) atoms. The lowest BCUT2D eigenvalue weighted by Crippen LogP contribution is -2.33. The maximum atomic E-state index is 12.2. The van der Waals surface area contributed by atoms with Crippen molar-refractivity contribution < 1.29 is 19.4 Å². The molecule has 2 rings (SSSR count). The third-order valence-corrected chi connectivity index (χ3v) is 5.67. The van der Waals surface area contributed by atoms with Crippen molar-refractivity contribution in [3.05, 3.63) is 23.3 Å². The number of hydrogen-bond donors (Lipinski definition) is 1. The molecule has 0 bridgehead atoms. The van der Waals surface area contributed by atoms with Crippen molar-refractivity contribution in [1.82, 2.24) is 0 Å². The van der Waals surface area contributed by atoms with Crippen LogP contribution in [0.4, 0.5) is 0 Å². The molecule has 0 aromatic carbocycles. The Labute approximate surface area is 145 Å². The molecule has 0 aromatic heterocycles. The highest BCUT2D eigenvalue weighted by Gasteiger charge is 2.52. The van der Waals surface area contributed by atoms with Crippen LogP contribution in [0.5, 0.6) is 0 Å². The molecule has 4 heteroatoms. The van der Waals surface area contributed by atoms with Crippen molar-refractivity contribution in [2.45, 2.75) is 91.1 Å². The number of allylic oxidation sites excluding steroid dienone is 1. The SMILES string of the molecule is C/C=C(/C)C(=O)OC1/C=C(/C)C(O)CC2OC2(C)CCCC1(C)C. The number of ether oxygens (including phenoxy) is 2. The van der Waals surface area contributed by atoms with Crippen LogP contribution in [-0.4, -0.2) is 35.0 Å². The first-order chi connectivity index (χ1) is 11.1. The first kappa shape index (κ1) is 19.2. The molecule has 0 aromatic rings. The van der Waals surface area contributed by atoms with Crippen molar-refractivity contribution >= 4 is 5.97 Å². The molecule has 4 atom stereocenters. The predicted octanol–water partition coefficient (Wildman–Crippen LogP) is 3.93. The Bertz CT molecular complexity index is 546. The number of carbonyl (C=O) groups excluding carboxylic acids is 1. The first-order valence-electron chi connectivity index (χ1n) is 8.97. The molecule has 2 aliphatic rings. The molecule has 1 aliphatic carbocycles. The minimum Gasteiger partial charge on any atom is -0.454 e. The highest BCUT2D eigenvalue weighted by atomic mass is 16.6. The average molecular weight is 336 g/mol. The van der Waals surface area contributed by atoms with E-state index >= 15 is 0 Å². The fourth-order valence-corrected chi connectivity index (χ4v) is 3.33. The van der Waals surface area contributed by atoms with Gasteiger partial charge < -0.3 is 14.6 Å². The quantitative estimate of drug-likeness (QED) is 0.359. The molecule has 1 saturated heterocycles. The summed E-state index contributed by atoms with van der Waals surface area (Å²) in [5.74, 6) is -0.290. The number of hydrogen-bond acceptors (Lipinski definition) is 4. The molecule has 1 N–H and O–H groups in total. The maximum absolute atomic E-state index is 12.2. The molecule has 4 unspecified atom stereocenters. The van der Waals surface area contributed by atoms with Gasteiger partial charge in [0.1, 0.15) is 6.10 Å². The Kier molecular flexibility index (Phi) is 5.61. The van der Waals surface area contributed by atoms with Gasteiger partial charge in [0.05, 0.1) is 17.8 Å². The summed E-state index contributed by atoms with van der Waals surface area (Å²) in [6.45, 7) is 11.9. The summed E-state index contributed by atoms with van der Waals surface area (Å²) in [5, 5.41) is 10.5. The average Bonchev–Trinajstić information content (AvgIpc) is 3.13. The van der Waals surface area contributed by atoms with Gasteiger partial charge in [-0.15, -0.1) is 0 Å². The molecule has 0 spiro atoms. The minimum atomic E-state index is -0.560. The second-order valence-electron chi connectivity index (χ2n) is 8.22. The summed E-state index contributed by atoms with van der Waals surface area (Å²) in [4.78, 5) is 12.2. The van der Waals surface area contributed by atoms with Gasteiger partial charge in [0, 0.05) is 17.4 Å². The number of epoxide rings is 1. The largest absolute Gasteiger partial charge is 0.454 e. The van der Waals surface area contributed by atoms with Gasteiger partial charge in [-0.1, -0.05) is 19.9 Å². The van der Waals surface area contributed by atoms with E-state index in [0.717, 1.165) is 24.8 Å². The van der Waals surface area contributed by atoms with Crippen LogP contribution in [0.15, 0.2) is 23.3 Å². The summed E-state index contributed by atoms with van der Waals surface area (Å²) in [6, 6.07) is 0. The zero-order valence-corrected chi connectivity index (χ0v) is 15.9. The normalized spacial score (nSPS) is 39.0. The van der Waals surface area contributed by atoms with E-state index in [2.05, 4.69) is 20.8 Å². The van der Waals surface area contributed by atoms with E-state index in [1.165, 1.54) is 0 Å². The van der Waals surface area contributed by atoms with Gasteiger partial charge in [0.15, 0.2) is 0 Å². The molecule has 1 heterocycles. The standard InChI is InChI=1S/C20H32O4/c1-7-13(2)18(22)23-16-11-14(3)15(21)12-17-20(6,24-17)10-8-9-19(16,4)5/h7,11,15-17,21H,8-10,12H2,1-6H3/b13-7-,14-11-. The van der Waals surface area contributed by atoms with E-state index in [9.17, 15) is 9.90 Å². The lowest BCUT2D eigenvalue weighted by atomic mass is 9.80. The molecule has 1 aliphatic heterocycles. The summed E-state index contributed by atoms with van der Waals surface area (Å²) >= 11 is 0. The third-order valence-electron chi connectivity index (χ3n) is 5.67. The van der Waals surface area contributed by atoms with Gasteiger partial charge in [-0.2, -0.15) is 0 Å². The highest BCUT2D eigenvalue weighted by molar-refractivity contribution is 5.87. The van der Waals surface area contributed by atoms with Crippen LogP contribution < -0.4 is 0 Å². The Morgan fingerprint density at radius 3 is 2.67 bits per heavy atom. The van der Waals surface area contributed by atoms with Crippen molar-refractivity contribution in [3.63, 3.8) is 0 Å². The van der Waals surface area contributed by atoms with Crippen molar-refractivity contribution in [2.75, 3.05) is 0 Å². The summed E-state index contributed by atoms with van der Waals surface area (Å²) in [7, 11) is 0. The zero-order chi connectivity index (χ0) is 18.1. The van der Waals surface area contributed by atoms with Crippen LogP contribution in [-0.2, 0) is 14.3 Å². The van der Waals surface area contributed by atoms with E-state index in [1.54, 1.807) is 13.0 Å². The number of fused-ring (bicyclic) bond motifs is 1. The number of carbonyl (C=O) groups is 1. The zero-order valence-electron chi connectivity index (χ0n) is 15.9. The van der Waals surface area contributed by atoms with E-state index < -0.39 is 6.10 Å². The predicted molar refractivity (Wildman–Crippen MR) is 94.6 cm³/mol. The van der Waals surface area contributed by atoms with Gasteiger partial charge in [-0.25, -0.2) is 4.79 Å². The monoisotopic (exact) mass is 336 g/mol. The van der Waals surface area contributed by atoms with Gasteiger partial charge >= 0.3 is 5.97 Å². The number of rotatable bonds is 2. The van der Waals surface area contributed by atoms with Crippen LogP contribution in [0, 0.1) is 5.41 Å². The molecule has 0 radical (unpaired) electrons. The molecular weight excluding hydrogens is 304 g/mol. The summed E-state index contributed by atoms with van der Waals surface area (Å²) in [5.41, 5.74) is 1.15. The molecule has 1 fully saturated rings. The van der Waals surface area contributed by atoms with Gasteiger partial charge in [-0.05, 0) is 58.6 Å². The topological polar surface area (TPSA) is 59.1 Å². The highest BCUT2D eigenvalue weighted by Crippen LogP contribution is 2.45. The molecular formula is C20H32O4. The second-order valence-corrected chi connectivity index (χ2v) is 8.22. The third kappa shape index (κ3) is 4.28. The molecule has 4 nitrogen and oxygen atoms in total. The van der Waals surface area contributed by atoms with Crippen LogP contribution in [0.1, 0.15) is 67.2 Å². The van der Waals surface area contributed by atoms with E-state index in [0.29, 0.717) is 12.0 Å². The number of aliphatic hydroxyl groups is 1. The van der Waals surface area contributed by atoms with Crippen molar-refractivity contribution in [2.24, 2.45) is 5.41 Å². The van der Waals surface area contributed by atoms with Crippen LogP contribution in [0.25, 0.3) is 0 Å². The van der Waals surface area contributed by atoms with Gasteiger partial charge in [-0.3, -0.25) is 0 Å². The lowest BCUT2D eigenvalue weighted by Gasteiger charge is -2.33. The molecule has 136 valence electrons. The Morgan fingerprint density at radius 1 is 1.38 bits per heavy atom. The van der Waals surface area contributed by atoms with Crippen LogP contribution in [0.2, 0.25) is 0 Å². The summed E-state index contributed by atoms with van der Waals surface area (Å²) < 4.78 is 11.6. The number of aliphatic hydroxyl groups excluding tert-OH is 1. The van der Waals surface area contributed by atoms with Crippen molar-refractivity contribution in [1.29, 1.82) is 0 Å². The van der Waals surface area contributed by atoms with Gasteiger partial charge in [0.25, 0.3) is 0 Å². The second kappa shape index (κ2) is 7.01. The van der Waals surface area contributed by atoms with Crippen LogP contribution in [0.3, 0.4) is 0 Å². The van der Waals surface area contributed by atoms with E-state index in [1.807, 2.05) is 19.9 Å². The Balaban J connectivity index is 2.24. The van der Waals surface area contributed by atoms with Gasteiger partial charge in [0.2, 0.25) is 0 Å².